The number of fused-ring (bicyclic) bond motifs is 1. The van der Waals surface area contributed by atoms with Crippen molar-refractivity contribution in [3.8, 4) is 5.75 Å². The van der Waals surface area contributed by atoms with Crippen LogP contribution in [0.2, 0.25) is 0 Å². The number of methoxy groups -OCH3 is 1. The number of carbonyl (C=O) groups is 2. The summed E-state index contributed by atoms with van der Waals surface area (Å²) in [5.41, 5.74) is 1.95. The molecule has 0 amide bonds. The van der Waals surface area contributed by atoms with Gasteiger partial charge in [-0.3, -0.25) is 9.59 Å². The molecule has 0 saturated carbocycles. The second-order valence-corrected chi connectivity index (χ2v) is 5.54. The fourth-order valence-corrected chi connectivity index (χ4v) is 3.01. The van der Waals surface area contributed by atoms with Gasteiger partial charge in [-0.1, -0.05) is 13.0 Å². The summed E-state index contributed by atoms with van der Waals surface area (Å²) >= 11 is 0. The standard InChI is InChI=1S/C17H22O5/c1-5-12-8-13-6-7-14(20-4)9-15(13)17(22-11(3)19)16(12)21-10(2)18/h6-7,9,12,16-17H,5,8H2,1-4H3. The quantitative estimate of drug-likeness (QED) is 0.800. The molecule has 0 bridgehead atoms. The van der Waals surface area contributed by atoms with Gasteiger partial charge in [0, 0.05) is 25.3 Å². The third kappa shape index (κ3) is 3.40. The van der Waals surface area contributed by atoms with Crippen LogP contribution in [0.25, 0.3) is 0 Å². The van der Waals surface area contributed by atoms with Crippen molar-refractivity contribution < 1.29 is 23.8 Å². The van der Waals surface area contributed by atoms with E-state index < -0.39 is 18.2 Å². The van der Waals surface area contributed by atoms with Crippen LogP contribution in [0.3, 0.4) is 0 Å². The first-order chi connectivity index (χ1) is 10.5. The van der Waals surface area contributed by atoms with E-state index in [1.165, 1.54) is 13.8 Å². The zero-order valence-electron chi connectivity index (χ0n) is 13.4. The van der Waals surface area contributed by atoms with Crippen molar-refractivity contribution in [2.75, 3.05) is 7.11 Å². The minimum Gasteiger partial charge on any atom is -0.497 e. The summed E-state index contributed by atoms with van der Waals surface area (Å²) in [6.45, 7) is 4.78. The highest BCUT2D eigenvalue weighted by Gasteiger charge is 2.40. The summed E-state index contributed by atoms with van der Waals surface area (Å²) in [7, 11) is 1.59. The third-order valence-electron chi connectivity index (χ3n) is 4.02. The highest BCUT2D eigenvalue weighted by Crippen LogP contribution is 2.40. The van der Waals surface area contributed by atoms with Crippen LogP contribution in [-0.4, -0.2) is 25.2 Å². The maximum atomic E-state index is 11.5. The molecule has 2 rings (SSSR count). The summed E-state index contributed by atoms with van der Waals surface area (Å²) in [5.74, 6) is 0.0428. The van der Waals surface area contributed by atoms with Crippen molar-refractivity contribution in [1.29, 1.82) is 0 Å². The lowest BCUT2D eigenvalue weighted by molar-refractivity contribution is -0.172. The Labute approximate surface area is 130 Å². The van der Waals surface area contributed by atoms with Crippen molar-refractivity contribution >= 4 is 11.9 Å². The van der Waals surface area contributed by atoms with Gasteiger partial charge in [-0.25, -0.2) is 0 Å². The Kier molecular flexibility index (Phi) is 5.06. The van der Waals surface area contributed by atoms with E-state index in [0.717, 1.165) is 24.0 Å². The molecule has 1 aromatic carbocycles. The molecule has 1 aromatic rings. The molecular weight excluding hydrogens is 284 g/mol. The van der Waals surface area contributed by atoms with Crippen molar-refractivity contribution in [3.05, 3.63) is 29.3 Å². The minimum atomic E-state index is -0.592. The van der Waals surface area contributed by atoms with Crippen LogP contribution in [0.15, 0.2) is 18.2 Å². The van der Waals surface area contributed by atoms with E-state index in [1.807, 2.05) is 25.1 Å². The lowest BCUT2D eigenvalue weighted by atomic mass is 9.78. The minimum absolute atomic E-state index is 0.120. The number of rotatable bonds is 4. The molecule has 22 heavy (non-hydrogen) atoms. The molecule has 5 nitrogen and oxygen atoms in total. The summed E-state index contributed by atoms with van der Waals surface area (Å²) in [5, 5.41) is 0. The predicted molar refractivity (Wildman–Crippen MR) is 80.5 cm³/mol. The van der Waals surface area contributed by atoms with E-state index >= 15 is 0 Å². The first kappa shape index (κ1) is 16.3. The summed E-state index contributed by atoms with van der Waals surface area (Å²) in [4.78, 5) is 23.0. The SMILES string of the molecule is CCC1Cc2ccc(OC)cc2C(OC(C)=O)C1OC(C)=O. The lowest BCUT2D eigenvalue weighted by Gasteiger charge is -2.37. The van der Waals surface area contributed by atoms with Crippen molar-refractivity contribution in [3.63, 3.8) is 0 Å². The highest BCUT2D eigenvalue weighted by atomic mass is 16.6. The van der Waals surface area contributed by atoms with Crippen LogP contribution < -0.4 is 4.74 Å². The molecule has 1 aliphatic rings. The molecule has 0 heterocycles. The normalized spacial score (nSPS) is 23.4. The van der Waals surface area contributed by atoms with Gasteiger partial charge in [0.05, 0.1) is 7.11 Å². The average molecular weight is 306 g/mol. The van der Waals surface area contributed by atoms with Crippen molar-refractivity contribution in [2.45, 2.75) is 45.8 Å². The first-order valence-electron chi connectivity index (χ1n) is 7.47. The van der Waals surface area contributed by atoms with Gasteiger partial charge < -0.3 is 14.2 Å². The molecule has 0 fully saturated rings. The van der Waals surface area contributed by atoms with Crippen LogP contribution in [0, 0.1) is 5.92 Å². The van der Waals surface area contributed by atoms with E-state index in [9.17, 15) is 9.59 Å². The summed E-state index contributed by atoms with van der Waals surface area (Å²) in [6, 6.07) is 5.73. The summed E-state index contributed by atoms with van der Waals surface area (Å²) < 4.78 is 16.2. The molecule has 5 heteroatoms. The van der Waals surface area contributed by atoms with Gasteiger partial charge >= 0.3 is 11.9 Å². The second-order valence-electron chi connectivity index (χ2n) is 5.54. The van der Waals surface area contributed by atoms with E-state index in [1.54, 1.807) is 7.11 Å². The number of esters is 2. The highest BCUT2D eigenvalue weighted by molar-refractivity contribution is 5.68. The molecule has 1 aliphatic carbocycles. The summed E-state index contributed by atoms with van der Waals surface area (Å²) in [6.07, 6.45) is 0.559. The Morgan fingerprint density at radius 1 is 1.18 bits per heavy atom. The van der Waals surface area contributed by atoms with Gasteiger partial charge in [0.1, 0.15) is 11.9 Å². The van der Waals surface area contributed by atoms with Crippen molar-refractivity contribution in [1.82, 2.24) is 0 Å². The number of hydrogen-bond acceptors (Lipinski definition) is 5. The smallest absolute Gasteiger partial charge is 0.303 e. The number of hydrogen-bond donors (Lipinski definition) is 0. The average Bonchev–Trinajstić information content (AvgIpc) is 2.47. The number of ether oxygens (including phenoxy) is 3. The Morgan fingerprint density at radius 3 is 2.41 bits per heavy atom. The fraction of sp³-hybridized carbons (Fsp3) is 0.529. The molecule has 120 valence electrons. The van der Waals surface area contributed by atoms with Crippen LogP contribution in [0.1, 0.15) is 44.4 Å². The Balaban J connectivity index is 2.47. The maximum Gasteiger partial charge on any atom is 0.303 e. The van der Waals surface area contributed by atoms with E-state index in [2.05, 4.69) is 0 Å². The van der Waals surface area contributed by atoms with E-state index in [4.69, 9.17) is 14.2 Å². The Hall–Kier alpha value is -2.04. The van der Waals surface area contributed by atoms with Gasteiger partial charge in [-0.2, -0.15) is 0 Å². The van der Waals surface area contributed by atoms with Gasteiger partial charge in [-0.15, -0.1) is 0 Å². The monoisotopic (exact) mass is 306 g/mol. The number of carbonyl (C=O) groups excluding carboxylic acids is 2. The van der Waals surface area contributed by atoms with Crippen LogP contribution in [-0.2, 0) is 25.5 Å². The number of benzene rings is 1. The Bertz CT molecular complexity index is 566. The third-order valence-corrected chi connectivity index (χ3v) is 4.02. The molecule has 0 aromatic heterocycles. The molecule has 0 N–H and O–H groups in total. The molecule has 0 aliphatic heterocycles. The second kappa shape index (κ2) is 6.81. The maximum absolute atomic E-state index is 11.5. The van der Waals surface area contributed by atoms with Crippen molar-refractivity contribution in [2.24, 2.45) is 5.92 Å². The van der Waals surface area contributed by atoms with Gasteiger partial charge in [0.15, 0.2) is 6.10 Å². The molecular formula is C17H22O5. The zero-order chi connectivity index (χ0) is 16.3. The van der Waals surface area contributed by atoms with Crippen LogP contribution in [0.4, 0.5) is 0 Å². The molecule has 0 saturated heterocycles. The predicted octanol–water partition coefficient (Wildman–Crippen LogP) is 2.81. The lowest BCUT2D eigenvalue weighted by Crippen LogP contribution is -2.39. The fourth-order valence-electron chi connectivity index (χ4n) is 3.01. The van der Waals surface area contributed by atoms with Gasteiger partial charge in [0.25, 0.3) is 0 Å². The van der Waals surface area contributed by atoms with Crippen LogP contribution >= 0.6 is 0 Å². The molecule has 0 spiro atoms. The van der Waals surface area contributed by atoms with E-state index in [-0.39, 0.29) is 11.9 Å². The van der Waals surface area contributed by atoms with Gasteiger partial charge in [-0.05, 0) is 30.5 Å². The molecule has 3 atom stereocenters. The first-order valence-corrected chi connectivity index (χ1v) is 7.47. The van der Waals surface area contributed by atoms with Crippen LogP contribution in [0.5, 0.6) is 5.75 Å². The topological polar surface area (TPSA) is 61.8 Å². The largest absolute Gasteiger partial charge is 0.497 e. The zero-order valence-corrected chi connectivity index (χ0v) is 13.4. The van der Waals surface area contributed by atoms with Gasteiger partial charge in [0.2, 0.25) is 0 Å². The Morgan fingerprint density at radius 2 is 1.86 bits per heavy atom. The van der Waals surface area contributed by atoms with E-state index in [0.29, 0.717) is 5.75 Å². The molecule has 0 radical (unpaired) electrons. The molecule has 3 unspecified atom stereocenters.